The maximum absolute atomic E-state index is 12.5. The molecule has 1 N–H and O–H groups in total. The Kier molecular flexibility index (Phi) is 8.05. The van der Waals surface area contributed by atoms with Gasteiger partial charge in [-0.05, 0) is 25.5 Å². The number of thiophene rings is 2. The number of aromatic nitrogens is 3. The van der Waals surface area contributed by atoms with Crippen molar-refractivity contribution in [2.45, 2.75) is 38.4 Å². The first kappa shape index (κ1) is 23.2. The number of amides is 1. The SMILES string of the molecule is C=CCn1c(SCC(=O)Nc2sc(C)cc2C(=O)OC)nnc1-c1csc(CCC)c1. The summed E-state index contributed by atoms with van der Waals surface area (Å²) in [4.78, 5) is 26.7. The van der Waals surface area contributed by atoms with Gasteiger partial charge in [-0.15, -0.1) is 39.4 Å². The van der Waals surface area contributed by atoms with Gasteiger partial charge in [-0.1, -0.05) is 31.2 Å². The van der Waals surface area contributed by atoms with Crippen LogP contribution in [0.5, 0.6) is 0 Å². The predicted molar refractivity (Wildman–Crippen MR) is 127 cm³/mol. The standard InChI is InChI=1S/C21H24N4O3S3/c1-5-7-15-10-14(11-29-15)18-23-24-21(25(18)8-6-2)30-12-17(26)22-19-16(20(27)28-4)9-13(3)31-19/h6,9-11H,2,5,7-8,12H2,1,3-4H3,(H,22,26). The zero-order valence-corrected chi connectivity index (χ0v) is 20.1. The summed E-state index contributed by atoms with van der Waals surface area (Å²) >= 11 is 4.35. The number of thioether (sulfide) groups is 1. The number of allylic oxidation sites excluding steroid dienone is 1. The third-order valence-corrected chi connectivity index (χ3v) is 7.21. The van der Waals surface area contributed by atoms with Crippen LogP contribution in [0.25, 0.3) is 11.4 Å². The Hall–Kier alpha value is -2.43. The summed E-state index contributed by atoms with van der Waals surface area (Å²) in [6.07, 6.45) is 3.92. The van der Waals surface area contributed by atoms with Gasteiger partial charge < -0.3 is 10.1 Å². The quantitative estimate of drug-likeness (QED) is 0.251. The van der Waals surface area contributed by atoms with Crippen LogP contribution in [0.4, 0.5) is 5.00 Å². The molecule has 31 heavy (non-hydrogen) atoms. The van der Waals surface area contributed by atoms with E-state index < -0.39 is 5.97 Å². The summed E-state index contributed by atoms with van der Waals surface area (Å²) in [5, 5.41) is 14.7. The van der Waals surface area contributed by atoms with Crippen molar-refractivity contribution >= 4 is 51.3 Å². The van der Waals surface area contributed by atoms with Crippen molar-refractivity contribution in [1.82, 2.24) is 14.8 Å². The lowest BCUT2D eigenvalue weighted by Gasteiger charge is -2.07. The molecule has 0 aliphatic rings. The molecular formula is C21H24N4O3S3. The molecule has 7 nitrogen and oxygen atoms in total. The number of nitrogens with one attached hydrogen (secondary N) is 1. The number of carbonyl (C=O) groups is 2. The Labute approximate surface area is 193 Å². The summed E-state index contributed by atoms with van der Waals surface area (Å²) in [5.74, 6) is 0.203. The third kappa shape index (κ3) is 5.63. The lowest BCUT2D eigenvalue weighted by molar-refractivity contribution is -0.113. The molecule has 0 bridgehead atoms. The number of nitrogens with zero attached hydrogens (tertiary/aromatic N) is 3. The molecule has 0 fully saturated rings. The average molecular weight is 477 g/mol. The lowest BCUT2D eigenvalue weighted by Crippen LogP contribution is -2.16. The fourth-order valence-electron chi connectivity index (χ4n) is 2.94. The molecule has 164 valence electrons. The van der Waals surface area contributed by atoms with E-state index in [-0.39, 0.29) is 11.7 Å². The van der Waals surface area contributed by atoms with E-state index in [4.69, 9.17) is 4.74 Å². The third-order valence-electron chi connectivity index (χ3n) is 4.28. The highest BCUT2D eigenvalue weighted by Crippen LogP contribution is 2.30. The van der Waals surface area contributed by atoms with Crippen LogP contribution in [0.1, 0.15) is 33.5 Å². The summed E-state index contributed by atoms with van der Waals surface area (Å²) in [6, 6.07) is 3.85. The minimum Gasteiger partial charge on any atom is -0.465 e. The van der Waals surface area contributed by atoms with Gasteiger partial charge in [0, 0.05) is 27.2 Å². The maximum Gasteiger partial charge on any atom is 0.340 e. The van der Waals surface area contributed by atoms with Crippen molar-refractivity contribution in [3.8, 4) is 11.4 Å². The number of carbonyl (C=O) groups excluding carboxylic acids is 2. The highest BCUT2D eigenvalue weighted by Gasteiger charge is 2.19. The Morgan fingerprint density at radius 3 is 2.87 bits per heavy atom. The van der Waals surface area contributed by atoms with Crippen molar-refractivity contribution in [3.05, 3.63) is 45.5 Å². The molecule has 0 aromatic carbocycles. The molecule has 3 aromatic heterocycles. The summed E-state index contributed by atoms with van der Waals surface area (Å²) < 4.78 is 6.74. The second-order valence-corrected chi connectivity index (χ2v) is 9.88. The van der Waals surface area contributed by atoms with Gasteiger partial charge >= 0.3 is 5.97 Å². The second-order valence-electron chi connectivity index (χ2n) is 6.69. The van der Waals surface area contributed by atoms with E-state index >= 15 is 0 Å². The minimum atomic E-state index is -0.471. The second kappa shape index (κ2) is 10.7. The normalized spacial score (nSPS) is 10.8. The highest BCUT2D eigenvalue weighted by molar-refractivity contribution is 7.99. The van der Waals surface area contributed by atoms with E-state index in [0.29, 0.717) is 22.3 Å². The zero-order chi connectivity index (χ0) is 22.4. The summed E-state index contributed by atoms with van der Waals surface area (Å²) in [7, 11) is 1.32. The molecule has 0 radical (unpaired) electrons. The predicted octanol–water partition coefficient (Wildman–Crippen LogP) is 5.03. The van der Waals surface area contributed by atoms with Gasteiger partial charge in [0.1, 0.15) is 5.00 Å². The number of hydrogen-bond donors (Lipinski definition) is 1. The van der Waals surface area contributed by atoms with E-state index in [1.807, 2.05) is 11.5 Å². The molecule has 0 aliphatic heterocycles. The van der Waals surface area contributed by atoms with Crippen molar-refractivity contribution < 1.29 is 14.3 Å². The Balaban J connectivity index is 1.71. The number of anilines is 1. The van der Waals surface area contributed by atoms with Crippen LogP contribution >= 0.6 is 34.4 Å². The van der Waals surface area contributed by atoms with Crippen LogP contribution in [0.2, 0.25) is 0 Å². The average Bonchev–Trinajstić information content (AvgIpc) is 3.45. The number of ether oxygens (including phenoxy) is 1. The summed E-state index contributed by atoms with van der Waals surface area (Å²) in [5.41, 5.74) is 1.39. The van der Waals surface area contributed by atoms with E-state index in [0.717, 1.165) is 29.1 Å². The van der Waals surface area contributed by atoms with Gasteiger partial charge in [0.25, 0.3) is 0 Å². The highest BCUT2D eigenvalue weighted by atomic mass is 32.2. The molecule has 10 heteroatoms. The van der Waals surface area contributed by atoms with Gasteiger partial charge in [-0.25, -0.2) is 4.79 Å². The van der Waals surface area contributed by atoms with Gasteiger partial charge in [-0.2, -0.15) is 0 Å². The van der Waals surface area contributed by atoms with Crippen LogP contribution in [0.15, 0.2) is 35.3 Å². The van der Waals surface area contributed by atoms with Gasteiger partial charge in [0.15, 0.2) is 11.0 Å². The Morgan fingerprint density at radius 2 is 2.16 bits per heavy atom. The summed E-state index contributed by atoms with van der Waals surface area (Å²) in [6.45, 7) is 8.40. The first-order valence-electron chi connectivity index (χ1n) is 9.70. The maximum atomic E-state index is 12.5. The Morgan fingerprint density at radius 1 is 1.35 bits per heavy atom. The lowest BCUT2D eigenvalue weighted by atomic mass is 10.2. The van der Waals surface area contributed by atoms with Crippen LogP contribution in [0, 0.1) is 6.92 Å². The van der Waals surface area contributed by atoms with E-state index in [2.05, 4.69) is 40.5 Å². The van der Waals surface area contributed by atoms with E-state index in [1.165, 1.54) is 35.1 Å². The largest absolute Gasteiger partial charge is 0.465 e. The fourth-order valence-corrected chi connectivity index (χ4v) is 5.57. The van der Waals surface area contributed by atoms with Crippen LogP contribution in [-0.4, -0.2) is 39.5 Å². The molecule has 3 heterocycles. The molecule has 0 saturated carbocycles. The number of esters is 1. The minimum absolute atomic E-state index is 0.136. The van der Waals surface area contributed by atoms with Gasteiger partial charge in [-0.3, -0.25) is 9.36 Å². The molecule has 0 atom stereocenters. The van der Waals surface area contributed by atoms with Crippen molar-refractivity contribution in [2.24, 2.45) is 0 Å². The monoisotopic (exact) mass is 476 g/mol. The number of hydrogen-bond acceptors (Lipinski definition) is 8. The smallest absolute Gasteiger partial charge is 0.340 e. The van der Waals surface area contributed by atoms with Crippen molar-refractivity contribution in [1.29, 1.82) is 0 Å². The van der Waals surface area contributed by atoms with Gasteiger partial charge in [0.05, 0.1) is 18.4 Å². The van der Waals surface area contributed by atoms with E-state index in [9.17, 15) is 9.59 Å². The number of methoxy groups -OCH3 is 1. The molecule has 0 saturated heterocycles. The van der Waals surface area contributed by atoms with Crippen LogP contribution in [0.3, 0.4) is 0 Å². The van der Waals surface area contributed by atoms with Crippen molar-refractivity contribution in [3.63, 3.8) is 0 Å². The van der Waals surface area contributed by atoms with Gasteiger partial charge in [0.2, 0.25) is 5.91 Å². The van der Waals surface area contributed by atoms with Crippen molar-refractivity contribution in [2.75, 3.05) is 18.2 Å². The molecule has 0 spiro atoms. The topological polar surface area (TPSA) is 86.1 Å². The molecule has 0 unspecified atom stereocenters. The molecule has 1 amide bonds. The molecule has 0 aliphatic carbocycles. The first-order chi connectivity index (χ1) is 15.0. The number of aryl methyl sites for hydroxylation is 2. The fraction of sp³-hybridized carbons (Fsp3) is 0.333. The zero-order valence-electron chi connectivity index (χ0n) is 17.6. The van der Waals surface area contributed by atoms with Crippen LogP contribution in [-0.2, 0) is 22.5 Å². The number of rotatable bonds is 10. The molecule has 3 rings (SSSR count). The van der Waals surface area contributed by atoms with E-state index in [1.54, 1.807) is 23.5 Å². The molecule has 3 aromatic rings. The Bertz CT molecular complexity index is 1080. The molecular weight excluding hydrogens is 452 g/mol. The first-order valence-corrected chi connectivity index (χ1v) is 12.4. The van der Waals surface area contributed by atoms with Crippen LogP contribution < -0.4 is 5.32 Å².